The molecule has 0 aliphatic carbocycles. The van der Waals surface area contributed by atoms with E-state index < -0.39 is 5.60 Å². The second kappa shape index (κ2) is 13.2. The Balaban J connectivity index is 1.32. The van der Waals surface area contributed by atoms with Gasteiger partial charge in [0.05, 0.1) is 29.4 Å². The van der Waals surface area contributed by atoms with Crippen LogP contribution < -0.4 is 16.6 Å². The number of nitrogens with one attached hydrogen (secondary N) is 1. The lowest BCUT2D eigenvalue weighted by molar-refractivity contribution is -0.136. The molecule has 0 bridgehead atoms. The lowest BCUT2D eigenvalue weighted by Gasteiger charge is -2.38. The Morgan fingerprint density at radius 2 is 1.92 bits per heavy atom. The number of carbonyl (C=O) groups excluding carboxylic acids is 1. The third kappa shape index (κ3) is 7.65. The van der Waals surface area contributed by atoms with E-state index in [0.717, 1.165) is 37.3 Å². The highest BCUT2D eigenvalue weighted by Crippen LogP contribution is 2.26. The van der Waals surface area contributed by atoms with Crippen molar-refractivity contribution in [2.75, 3.05) is 51.6 Å². The van der Waals surface area contributed by atoms with E-state index in [1.54, 1.807) is 6.07 Å². The van der Waals surface area contributed by atoms with Crippen molar-refractivity contribution in [3.8, 4) is 0 Å². The average Bonchev–Trinajstić information content (AvgIpc) is 2.94. The third-order valence-electron chi connectivity index (χ3n) is 7.75. The van der Waals surface area contributed by atoms with Gasteiger partial charge in [-0.3, -0.25) is 14.2 Å². The van der Waals surface area contributed by atoms with Crippen molar-refractivity contribution in [3.63, 3.8) is 0 Å². The van der Waals surface area contributed by atoms with E-state index in [2.05, 4.69) is 29.2 Å². The number of amides is 1. The van der Waals surface area contributed by atoms with Gasteiger partial charge in [0, 0.05) is 38.3 Å². The number of carbonyl (C=O) groups is 1. The maximum Gasteiger partial charge on any atom is 0.261 e. The number of anilines is 1. The number of rotatable bonds is 12. The van der Waals surface area contributed by atoms with Gasteiger partial charge in [0.1, 0.15) is 0 Å². The monoisotopic (exact) mass is 534 g/mol. The first-order valence-electron chi connectivity index (χ1n) is 13.9. The number of likely N-dealkylation sites (N-methyl/N-ethyl adjacent to an activating group) is 1. The Morgan fingerprint density at radius 1 is 1.18 bits per heavy atom. The quantitative estimate of drug-likeness (QED) is 0.327. The average molecular weight is 535 g/mol. The van der Waals surface area contributed by atoms with Crippen LogP contribution in [0.5, 0.6) is 0 Å². The summed E-state index contributed by atoms with van der Waals surface area (Å²) >= 11 is 0. The molecule has 4 N–H and O–H groups in total. The Kier molecular flexibility index (Phi) is 9.72. The van der Waals surface area contributed by atoms with Crippen LogP contribution in [0.4, 0.5) is 5.69 Å². The minimum Gasteiger partial charge on any atom is -0.388 e. The van der Waals surface area contributed by atoms with Crippen LogP contribution in [0.3, 0.4) is 0 Å². The molecule has 1 amide bonds. The Hall–Kier alpha value is -3.27. The van der Waals surface area contributed by atoms with Crippen LogP contribution in [0.25, 0.3) is 10.9 Å². The number of fused-ring (bicyclic) bond motifs is 1. The normalized spacial score (nSPS) is 16.0. The molecular weight excluding hydrogens is 492 g/mol. The van der Waals surface area contributed by atoms with Crippen molar-refractivity contribution in [2.24, 2.45) is 5.73 Å². The first kappa shape index (κ1) is 28.7. The Morgan fingerprint density at radius 3 is 2.64 bits per heavy atom. The minimum atomic E-state index is -1.06. The standard InChI is InChI=1S/C30H42N6O3/c1-23(24-7-4-3-5-8-24)19-28(37)35-16-11-30(39,12-17-35)21-36-22-33-27-20-25(9-10-26(27)29(36)38)32-14-18-34(2)15-6-13-31/h3-5,7-10,20,22-23,32,39H,6,11-19,21,31H2,1-2H3/t23-/m1/s1. The Labute approximate surface area is 230 Å². The van der Waals surface area contributed by atoms with Crippen molar-refractivity contribution in [1.29, 1.82) is 0 Å². The summed E-state index contributed by atoms with van der Waals surface area (Å²) in [5.74, 6) is 0.240. The zero-order valence-corrected chi connectivity index (χ0v) is 23.2. The molecular formula is C30H42N6O3. The number of nitrogens with zero attached hydrogens (tertiary/aromatic N) is 4. The fourth-order valence-electron chi connectivity index (χ4n) is 5.18. The van der Waals surface area contributed by atoms with Crippen LogP contribution in [0.2, 0.25) is 0 Å². The molecule has 1 saturated heterocycles. The van der Waals surface area contributed by atoms with Crippen molar-refractivity contribution in [1.82, 2.24) is 19.4 Å². The van der Waals surface area contributed by atoms with Gasteiger partial charge < -0.3 is 26.0 Å². The summed E-state index contributed by atoms with van der Waals surface area (Å²) in [6, 6.07) is 15.6. The van der Waals surface area contributed by atoms with Crippen LogP contribution in [0.1, 0.15) is 44.1 Å². The predicted octanol–water partition coefficient (Wildman–Crippen LogP) is 2.64. The van der Waals surface area contributed by atoms with Gasteiger partial charge in [-0.1, -0.05) is 37.3 Å². The first-order chi connectivity index (χ1) is 18.8. The summed E-state index contributed by atoms with van der Waals surface area (Å²) < 4.78 is 1.50. The first-order valence-corrected chi connectivity index (χ1v) is 13.9. The summed E-state index contributed by atoms with van der Waals surface area (Å²) in [5.41, 5.74) is 7.03. The summed E-state index contributed by atoms with van der Waals surface area (Å²) in [6.07, 6.45) is 3.78. The molecule has 210 valence electrons. The predicted molar refractivity (Wildman–Crippen MR) is 156 cm³/mol. The van der Waals surface area contributed by atoms with Gasteiger partial charge >= 0.3 is 0 Å². The van der Waals surface area contributed by atoms with Crippen LogP contribution >= 0.6 is 0 Å². The maximum absolute atomic E-state index is 13.2. The highest BCUT2D eigenvalue weighted by Gasteiger charge is 2.35. The second-order valence-electron chi connectivity index (χ2n) is 10.9. The lowest BCUT2D eigenvalue weighted by Crippen LogP contribution is -2.49. The van der Waals surface area contributed by atoms with Crippen LogP contribution in [-0.4, -0.2) is 82.3 Å². The van der Waals surface area contributed by atoms with Gasteiger partial charge in [0.15, 0.2) is 0 Å². The van der Waals surface area contributed by atoms with Gasteiger partial charge in [0.25, 0.3) is 5.56 Å². The summed E-state index contributed by atoms with van der Waals surface area (Å²) in [6.45, 7) is 6.50. The highest BCUT2D eigenvalue weighted by atomic mass is 16.3. The molecule has 0 unspecified atom stereocenters. The fraction of sp³-hybridized carbons (Fsp3) is 0.500. The van der Waals surface area contributed by atoms with Crippen molar-refractivity contribution >= 4 is 22.5 Å². The van der Waals surface area contributed by atoms with Gasteiger partial charge in [-0.25, -0.2) is 4.98 Å². The van der Waals surface area contributed by atoms with E-state index in [1.165, 1.54) is 10.9 Å². The SMILES string of the molecule is C[C@H](CC(=O)N1CCC(O)(Cn2cnc3cc(NCCN(C)CCCN)ccc3c2=O)CC1)c1ccccc1. The molecule has 1 aliphatic rings. The number of aromatic nitrogens is 2. The Bertz CT molecular complexity index is 1290. The van der Waals surface area contributed by atoms with Gasteiger partial charge in [0.2, 0.25) is 5.91 Å². The molecule has 2 aromatic carbocycles. The molecule has 4 rings (SSSR count). The van der Waals surface area contributed by atoms with E-state index in [-0.39, 0.29) is 23.9 Å². The molecule has 0 saturated carbocycles. The number of likely N-dealkylation sites (tertiary alicyclic amines) is 1. The maximum atomic E-state index is 13.2. The van der Waals surface area contributed by atoms with Gasteiger partial charge in [-0.2, -0.15) is 0 Å². The molecule has 9 nitrogen and oxygen atoms in total. The number of nitrogens with two attached hydrogens (primary N) is 1. The van der Waals surface area contributed by atoms with Gasteiger partial charge in [-0.15, -0.1) is 0 Å². The van der Waals surface area contributed by atoms with Crippen molar-refractivity contribution in [3.05, 3.63) is 70.8 Å². The minimum absolute atomic E-state index is 0.101. The van der Waals surface area contributed by atoms with Crippen LogP contribution in [-0.2, 0) is 11.3 Å². The third-order valence-corrected chi connectivity index (χ3v) is 7.75. The van der Waals surface area contributed by atoms with Gasteiger partial charge in [-0.05, 0) is 69.1 Å². The highest BCUT2D eigenvalue weighted by molar-refractivity contribution is 5.81. The summed E-state index contributed by atoms with van der Waals surface area (Å²) in [5, 5.41) is 15.2. The van der Waals surface area contributed by atoms with Crippen molar-refractivity contribution in [2.45, 2.75) is 50.7 Å². The van der Waals surface area contributed by atoms with E-state index in [1.807, 2.05) is 47.4 Å². The molecule has 9 heteroatoms. The molecule has 39 heavy (non-hydrogen) atoms. The molecule has 1 fully saturated rings. The fourth-order valence-corrected chi connectivity index (χ4v) is 5.18. The lowest BCUT2D eigenvalue weighted by atomic mass is 9.90. The van der Waals surface area contributed by atoms with Crippen LogP contribution in [0, 0.1) is 0 Å². The molecule has 2 heterocycles. The zero-order valence-electron chi connectivity index (χ0n) is 23.2. The molecule has 3 aromatic rings. The molecule has 1 aromatic heterocycles. The topological polar surface area (TPSA) is 117 Å². The largest absolute Gasteiger partial charge is 0.388 e. The number of aliphatic hydroxyl groups is 1. The van der Waals surface area contributed by atoms with Crippen molar-refractivity contribution < 1.29 is 9.90 Å². The number of piperidine rings is 1. The van der Waals surface area contributed by atoms with E-state index in [9.17, 15) is 14.7 Å². The molecule has 0 spiro atoms. The zero-order chi connectivity index (χ0) is 27.8. The summed E-state index contributed by atoms with van der Waals surface area (Å²) in [7, 11) is 2.07. The van der Waals surface area contributed by atoms with Crippen LogP contribution in [0.15, 0.2) is 59.7 Å². The smallest absolute Gasteiger partial charge is 0.261 e. The number of hydrogen-bond acceptors (Lipinski definition) is 7. The molecule has 1 atom stereocenters. The molecule has 0 radical (unpaired) electrons. The number of benzene rings is 2. The second-order valence-corrected chi connectivity index (χ2v) is 10.9. The summed E-state index contributed by atoms with van der Waals surface area (Å²) in [4.78, 5) is 34.7. The van der Waals surface area contributed by atoms with E-state index >= 15 is 0 Å². The number of hydrogen-bond donors (Lipinski definition) is 3. The van der Waals surface area contributed by atoms with E-state index in [0.29, 0.717) is 49.8 Å². The van der Waals surface area contributed by atoms with E-state index in [4.69, 9.17) is 5.73 Å². The molecule has 1 aliphatic heterocycles.